The first-order chi connectivity index (χ1) is 13.6. The van der Waals surface area contributed by atoms with E-state index in [0.717, 1.165) is 23.3 Å². The Morgan fingerprint density at radius 2 is 1.69 bits per heavy atom. The monoisotopic (exact) mass is 400 g/mol. The Labute approximate surface area is 165 Å². The van der Waals surface area contributed by atoms with Crippen LogP contribution in [0.3, 0.4) is 0 Å². The minimum atomic E-state index is -4.46. The number of pyridine rings is 1. The zero-order valence-electron chi connectivity index (χ0n) is 15.9. The van der Waals surface area contributed by atoms with Gasteiger partial charge in [-0.05, 0) is 66.9 Å². The topological polar surface area (TPSA) is 51.1 Å². The molecule has 1 amide bonds. The maximum absolute atomic E-state index is 12.9. The van der Waals surface area contributed by atoms with Gasteiger partial charge in [-0.2, -0.15) is 13.2 Å². The van der Waals surface area contributed by atoms with Crippen molar-refractivity contribution >= 4 is 11.6 Å². The molecule has 1 aromatic heterocycles. The summed E-state index contributed by atoms with van der Waals surface area (Å²) in [5, 5.41) is 2.70. The normalized spacial score (nSPS) is 11.3. The average molecular weight is 400 g/mol. The van der Waals surface area contributed by atoms with Gasteiger partial charge in [-0.25, -0.2) is 0 Å². The molecule has 0 fully saturated rings. The standard InChI is InChI=1S/C22H19F3N2O2/c1-14-9-15(2)11-18(10-14)26-20(28)19-7-4-8-27(21(19)29)13-16-5-3-6-17(12-16)22(23,24)25/h3-12H,13H2,1-2H3,(H,26,28). The van der Waals surface area contributed by atoms with Crippen LogP contribution in [0.25, 0.3) is 0 Å². The van der Waals surface area contributed by atoms with Crippen molar-refractivity contribution in [1.29, 1.82) is 0 Å². The van der Waals surface area contributed by atoms with Crippen LogP contribution < -0.4 is 10.9 Å². The summed E-state index contributed by atoms with van der Waals surface area (Å²) >= 11 is 0. The zero-order valence-corrected chi connectivity index (χ0v) is 15.9. The fourth-order valence-corrected chi connectivity index (χ4v) is 3.12. The van der Waals surface area contributed by atoms with Gasteiger partial charge < -0.3 is 9.88 Å². The number of alkyl halides is 3. The molecule has 0 saturated heterocycles. The highest BCUT2D eigenvalue weighted by molar-refractivity contribution is 6.04. The first kappa shape index (κ1) is 20.4. The van der Waals surface area contributed by atoms with Gasteiger partial charge in [0.05, 0.1) is 12.1 Å². The van der Waals surface area contributed by atoms with E-state index >= 15 is 0 Å². The van der Waals surface area contributed by atoms with Crippen molar-refractivity contribution in [3.63, 3.8) is 0 Å². The highest BCUT2D eigenvalue weighted by Gasteiger charge is 2.30. The Morgan fingerprint density at radius 3 is 2.34 bits per heavy atom. The quantitative estimate of drug-likeness (QED) is 0.685. The van der Waals surface area contributed by atoms with Gasteiger partial charge in [-0.3, -0.25) is 9.59 Å². The predicted molar refractivity (Wildman–Crippen MR) is 105 cm³/mol. The number of carbonyl (C=O) groups is 1. The summed E-state index contributed by atoms with van der Waals surface area (Å²) in [7, 11) is 0. The molecule has 0 aliphatic rings. The molecule has 1 heterocycles. The molecule has 3 aromatic rings. The second kappa shape index (κ2) is 7.95. The maximum atomic E-state index is 12.9. The van der Waals surface area contributed by atoms with E-state index in [1.165, 1.54) is 35.0 Å². The molecule has 0 spiro atoms. The third-order valence-corrected chi connectivity index (χ3v) is 4.35. The second-order valence-corrected chi connectivity index (χ2v) is 6.88. The molecule has 7 heteroatoms. The van der Waals surface area contributed by atoms with Gasteiger partial charge in [0.15, 0.2) is 0 Å². The number of rotatable bonds is 4. The summed E-state index contributed by atoms with van der Waals surface area (Å²) in [5.74, 6) is -0.571. The van der Waals surface area contributed by atoms with Crippen molar-refractivity contribution in [2.75, 3.05) is 5.32 Å². The van der Waals surface area contributed by atoms with Gasteiger partial charge in [0.1, 0.15) is 5.56 Å². The number of halogens is 3. The van der Waals surface area contributed by atoms with Crippen molar-refractivity contribution in [2.45, 2.75) is 26.6 Å². The lowest BCUT2D eigenvalue weighted by atomic mass is 10.1. The van der Waals surface area contributed by atoms with Crippen molar-refractivity contribution in [2.24, 2.45) is 0 Å². The molecule has 2 aromatic carbocycles. The number of aromatic nitrogens is 1. The Balaban J connectivity index is 1.86. The molecule has 4 nitrogen and oxygen atoms in total. The maximum Gasteiger partial charge on any atom is 0.416 e. The van der Waals surface area contributed by atoms with Crippen LogP contribution in [0.1, 0.15) is 32.6 Å². The van der Waals surface area contributed by atoms with E-state index in [9.17, 15) is 22.8 Å². The molecule has 0 saturated carbocycles. The number of nitrogens with one attached hydrogen (secondary N) is 1. The molecule has 0 atom stereocenters. The highest BCUT2D eigenvalue weighted by atomic mass is 19.4. The number of hydrogen-bond acceptors (Lipinski definition) is 2. The Kier molecular flexibility index (Phi) is 5.59. The van der Waals surface area contributed by atoms with E-state index < -0.39 is 23.2 Å². The summed E-state index contributed by atoms with van der Waals surface area (Å²) < 4.78 is 39.9. The number of aryl methyl sites for hydroxylation is 2. The van der Waals surface area contributed by atoms with Crippen LogP contribution in [0.15, 0.2) is 65.6 Å². The Morgan fingerprint density at radius 1 is 1.00 bits per heavy atom. The third-order valence-electron chi connectivity index (χ3n) is 4.35. The van der Waals surface area contributed by atoms with Gasteiger partial charge >= 0.3 is 6.18 Å². The zero-order chi connectivity index (χ0) is 21.2. The number of hydrogen-bond donors (Lipinski definition) is 1. The van der Waals surface area contributed by atoms with Crippen LogP contribution in [0.5, 0.6) is 0 Å². The summed E-state index contributed by atoms with van der Waals surface area (Å²) in [4.78, 5) is 25.3. The first-order valence-corrected chi connectivity index (χ1v) is 8.89. The number of carbonyl (C=O) groups excluding carboxylic acids is 1. The van der Waals surface area contributed by atoms with Crippen molar-refractivity contribution in [1.82, 2.24) is 4.57 Å². The number of amides is 1. The van der Waals surface area contributed by atoms with Crippen molar-refractivity contribution in [3.05, 3.63) is 99.0 Å². The Hall–Kier alpha value is -3.35. The van der Waals surface area contributed by atoms with E-state index in [2.05, 4.69) is 5.32 Å². The van der Waals surface area contributed by atoms with Crippen LogP contribution in [-0.2, 0) is 12.7 Å². The van der Waals surface area contributed by atoms with Crippen molar-refractivity contribution in [3.8, 4) is 0 Å². The number of nitrogens with zero attached hydrogens (tertiary/aromatic N) is 1. The van der Waals surface area contributed by atoms with Gasteiger partial charge in [0.2, 0.25) is 0 Å². The number of benzene rings is 2. The van der Waals surface area contributed by atoms with Gasteiger partial charge in [0.25, 0.3) is 11.5 Å². The first-order valence-electron chi connectivity index (χ1n) is 8.89. The van der Waals surface area contributed by atoms with Crippen LogP contribution in [0, 0.1) is 13.8 Å². The SMILES string of the molecule is Cc1cc(C)cc(NC(=O)c2cccn(Cc3cccc(C(F)(F)F)c3)c2=O)c1. The summed E-state index contributed by atoms with van der Waals surface area (Å²) in [6, 6.07) is 13.2. The van der Waals surface area contributed by atoms with Gasteiger partial charge in [0, 0.05) is 11.9 Å². The van der Waals surface area contributed by atoms with Crippen LogP contribution in [0.4, 0.5) is 18.9 Å². The predicted octanol–water partition coefficient (Wildman–Crippen LogP) is 4.78. The lowest BCUT2D eigenvalue weighted by Crippen LogP contribution is -2.29. The molecule has 0 unspecified atom stereocenters. The molecule has 0 bridgehead atoms. The van der Waals surface area contributed by atoms with Crippen LogP contribution in [0.2, 0.25) is 0 Å². The van der Waals surface area contributed by atoms with Gasteiger partial charge in [-0.1, -0.05) is 18.2 Å². The van der Waals surface area contributed by atoms with E-state index in [0.29, 0.717) is 11.3 Å². The fourth-order valence-electron chi connectivity index (χ4n) is 3.12. The Bertz CT molecular complexity index is 1100. The largest absolute Gasteiger partial charge is 0.416 e. The van der Waals surface area contributed by atoms with Crippen LogP contribution >= 0.6 is 0 Å². The molecule has 3 rings (SSSR count). The lowest BCUT2D eigenvalue weighted by molar-refractivity contribution is -0.137. The fraction of sp³-hybridized carbons (Fsp3) is 0.182. The summed E-state index contributed by atoms with van der Waals surface area (Å²) in [5.41, 5.74) is 1.37. The lowest BCUT2D eigenvalue weighted by Gasteiger charge is -2.12. The van der Waals surface area contributed by atoms with E-state index in [1.54, 1.807) is 12.1 Å². The molecular formula is C22H19F3N2O2. The van der Waals surface area contributed by atoms with E-state index in [-0.39, 0.29) is 12.1 Å². The van der Waals surface area contributed by atoms with E-state index in [1.807, 2.05) is 19.9 Å². The third kappa shape index (κ3) is 4.93. The minimum absolute atomic E-state index is 0.0760. The molecule has 0 aliphatic heterocycles. The molecule has 1 N–H and O–H groups in total. The minimum Gasteiger partial charge on any atom is -0.322 e. The van der Waals surface area contributed by atoms with E-state index in [4.69, 9.17) is 0 Å². The average Bonchev–Trinajstić information content (AvgIpc) is 2.62. The molecule has 0 aliphatic carbocycles. The second-order valence-electron chi connectivity index (χ2n) is 6.88. The molecule has 29 heavy (non-hydrogen) atoms. The van der Waals surface area contributed by atoms with Crippen LogP contribution in [-0.4, -0.2) is 10.5 Å². The smallest absolute Gasteiger partial charge is 0.322 e. The van der Waals surface area contributed by atoms with Gasteiger partial charge in [-0.15, -0.1) is 0 Å². The summed E-state index contributed by atoms with van der Waals surface area (Å²) in [6.07, 6.45) is -3.02. The summed E-state index contributed by atoms with van der Waals surface area (Å²) in [6.45, 7) is 3.72. The number of anilines is 1. The van der Waals surface area contributed by atoms with Crippen molar-refractivity contribution < 1.29 is 18.0 Å². The highest BCUT2D eigenvalue weighted by Crippen LogP contribution is 2.29. The molecule has 150 valence electrons. The molecule has 0 radical (unpaired) electrons. The molecular weight excluding hydrogens is 381 g/mol.